The van der Waals surface area contributed by atoms with Gasteiger partial charge in [0.15, 0.2) is 11.0 Å². The minimum atomic E-state index is -0.0131. The number of amides is 1. The highest BCUT2D eigenvalue weighted by atomic mass is 35.5. The van der Waals surface area contributed by atoms with Gasteiger partial charge in [0.25, 0.3) is 0 Å². The highest BCUT2D eigenvalue weighted by Crippen LogP contribution is 2.23. The molecule has 0 bridgehead atoms. The van der Waals surface area contributed by atoms with Crippen molar-refractivity contribution in [3.63, 3.8) is 0 Å². The maximum atomic E-state index is 12.1. The maximum Gasteiger partial charge on any atom is 0.230 e. The molecule has 0 unspecified atom stereocenters. The van der Waals surface area contributed by atoms with E-state index in [1.165, 1.54) is 11.8 Å². The number of aromatic nitrogens is 3. The molecule has 0 aliphatic rings. The molecule has 1 amide bonds. The topological polar surface area (TPSA) is 59.8 Å². The summed E-state index contributed by atoms with van der Waals surface area (Å²) in [7, 11) is 0. The summed E-state index contributed by atoms with van der Waals surface area (Å²) in [6, 6.07) is 17.6. The van der Waals surface area contributed by atoms with Crippen LogP contribution in [0, 0.1) is 0 Å². The van der Waals surface area contributed by atoms with Crippen molar-refractivity contribution in [2.24, 2.45) is 0 Å². The predicted molar refractivity (Wildman–Crippen MR) is 110 cm³/mol. The Morgan fingerprint density at radius 1 is 1.11 bits per heavy atom. The summed E-state index contributed by atoms with van der Waals surface area (Å²) in [6.45, 7) is 3.39. The SMILES string of the molecule is CCn1c(SCC(=O)NCCc2ccc(Cl)cc2)nnc1-c1ccccc1. The number of hydrogen-bond donors (Lipinski definition) is 1. The van der Waals surface area contributed by atoms with Crippen molar-refractivity contribution in [1.29, 1.82) is 0 Å². The number of benzene rings is 2. The summed E-state index contributed by atoms with van der Waals surface area (Å²) in [4.78, 5) is 12.1. The Hall–Kier alpha value is -2.31. The van der Waals surface area contributed by atoms with Gasteiger partial charge in [0.1, 0.15) is 0 Å². The van der Waals surface area contributed by atoms with E-state index in [1.807, 2.05) is 66.1 Å². The van der Waals surface area contributed by atoms with Crippen molar-refractivity contribution in [3.05, 3.63) is 65.2 Å². The summed E-state index contributed by atoms with van der Waals surface area (Å²) in [5, 5.41) is 13.0. The summed E-state index contributed by atoms with van der Waals surface area (Å²) >= 11 is 7.28. The average molecular weight is 401 g/mol. The van der Waals surface area contributed by atoms with E-state index in [2.05, 4.69) is 15.5 Å². The van der Waals surface area contributed by atoms with Gasteiger partial charge in [-0.05, 0) is 31.0 Å². The van der Waals surface area contributed by atoms with Gasteiger partial charge in [-0.3, -0.25) is 4.79 Å². The standard InChI is InChI=1S/C20H21ClN4OS/c1-2-25-19(16-6-4-3-5-7-16)23-24-20(25)27-14-18(26)22-13-12-15-8-10-17(21)11-9-15/h3-11H,2,12-14H2,1H3,(H,22,26). The molecule has 0 atom stereocenters. The van der Waals surface area contributed by atoms with Gasteiger partial charge >= 0.3 is 0 Å². The van der Waals surface area contributed by atoms with Gasteiger partial charge in [-0.25, -0.2) is 0 Å². The molecule has 0 saturated heterocycles. The molecule has 140 valence electrons. The molecule has 0 saturated carbocycles. The Morgan fingerprint density at radius 3 is 2.56 bits per heavy atom. The van der Waals surface area contributed by atoms with Crippen LogP contribution in [0.25, 0.3) is 11.4 Å². The highest BCUT2D eigenvalue weighted by Gasteiger charge is 2.14. The van der Waals surface area contributed by atoms with Crippen molar-refractivity contribution in [1.82, 2.24) is 20.1 Å². The van der Waals surface area contributed by atoms with E-state index in [1.54, 1.807) is 0 Å². The molecule has 5 nitrogen and oxygen atoms in total. The average Bonchev–Trinajstić information content (AvgIpc) is 3.11. The Morgan fingerprint density at radius 2 is 1.85 bits per heavy atom. The van der Waals surface area contributed by atoms with Gasteiger partial charge in [-0.2, -0.15) is 0 Å². The summed E-state index contributed by atoms with van der Waals surface area (Å²) < 4.78 is 2.03. The van der Waals surface area contributed by atoms with Crippen LogP contribution in [0.4, 0.5) is 0 Å². The highest BCUT2D eigenvalue weighted by molar-refractivity contribution is 7.99. The minimum Gasteiger partial charge on any atom is -0.355 e. The largest absolute Gasteiger partial charge is 0.355 e. The van der Waals surface area contributed by atoms with Crippen LogP contribution in [0.1, 0.15) is 12.5 Å². The van der Waals surface area contributed by atoms with E-state index in [9.17, 15) is 4.79 Å². The van der Waals surface area contributed by atoms with Crippen molar-refractivity contribution >= 4 is 29.3 Å². The van der Waals surface area contributed by atoms with Crippen LogP contribution in [-0.4, -0.2) is 33.0 Å². The Bertz CT molecular complexity index is 881. The Labute approximate surface area is 168 Å². The van der Waals surface area contributed by atoms with Crippen LogP contribution in [-0.2, 0) is 17.8 Å². The molecular weight excluding hydrogens is 380 g/mol. The zero-order valence-electron chi connectivity index (χ0n) is 15.1. The molecule has 3 aromatic rings. The lowest BCUT2D eigenvalue weighted by molar-refractivity contribution is -0.118. The fourth-order valence-electron chi connectivity index (χ4n) is 2.66. The fraction of sp³-hybridized carbons (Fsp3) is 0.250. The molecule has 0 aliphatic heterocycles. The summed E-state index contributed by atoms with van der Waals surface area (Å²) in [5.41, 5.74) is 2.16. The molecule has 0 aliphatic carbocycles. The number of rotatable bonds is 8. The molecule has 2 aromatic carbocycles. The van der Waals surface area contributed by atoms with E-state index in [-0.39, 0.29) is 5.91 Å². The van der Waals surface area contributed by atoms with Crippen molar-refractivity contribution < 1.29 is 4.79 Å². The molecule has 0 fully saturated rings. The lowest BCUT2D eigenvalue weighted by atomic mass is 10.1. The number of carbonyl (C=O) groups is 1. The first-order valence-corrected chi connectivity index (χ1v) is 10.2. The summed E-state index contributed by atoms with van der Waals surface area (Å²) in [6.07, 6.45) is 0.775. The number of halogens is 1. The number of carbonyl (C=O) groups excluding carboxylic acids is 1. The van der Waals surface area contributed by atoms with Crippen molar-refractivity contribution in [2.45, 2.75) is 25.0 Å². The van der Waals surface area contributed by atoms with E-state index >= 15 is 0 Å². The lowest BCUT2D eigenvalue weighted by Gasteiger charge is -2.08. The predicted octanol–water partition coefficient (Wildman–Crippen LogP) is 4.07. The number of nitrogens with zero attached hydrogens (tertiary/aromatic N) is 3. The van der Waals surface area contributed by atoms with Crippen molar-refractivity contribution in [3.8, 4) is 11.4 Å². The third-order valence-electron chi connectivity index (χ3n) is 4.05. The Balaban J connectivity index is 1.51. The number of hydrogen-bond acceptors (Lipinski definition) is 4. The maximum absolute atomic E-state index is 12.1. The molecule has 1 N–H and O–H groups in total. The normalized spacial score (nSPS) is 10.7. The molecule has 1 aromatic heterocycles. The monoisotopic (exact) mass is 400 g/mol. The van der Waals surface area contributed by atoms with Crippen LogP contribution in [0.3, 0.4) is 0 Å². The zero-order chi connectivity index (χ0) is 19.1. The van der Waals surface area contributed by atoms with Crippen molar-refractivity contribution in [2.75, 3.05) is 12.3 Å². The zero-order valence-corrected chi connectivity index (χ0v) is 16.6. The van der Waals surface area contributed by atoms with E-state index in [4.69, 9.17) is 11.6 Å². The van der Waals surface area contributed by atoms with Gasteiger partial charge in [0.2, 0.25) is 5.91 Å². The molecule has 0 spiro atoms. The molecule has 3 rings (SSSR count). The third kappa shape index (κ3) is 5.34. The van der Waals surface area contributed by atoms with Gasteiger partial charge in [0, 0.05) is 23.7 Å². The van der Waals surface area contributed by atoms with Gasteiger partial charge in [0.05, 0.1) is 5.75 Å². The second-order valence-corrected chi connectivity index (χ2v) is 7.31. The quantitative estimate of drug-likeness (QED) is 0.579. The molecule has 7 heteroatoms. The lowest BCUT2D eigenvalue weighted by Crippen LogP contribution is -2.27. The first kappa shape index (κ1) is 19.5. The van der Waals surface area contributed by atoms with Crippen LogP contribution in [0.5, 0.6) is 0 Å². The molecule has 27 heavy (non-hydrogen) atoms. The third-order valence-corrected chi connectivity index (χ3v) is 5.27. The number of thioether (sulfide) groups is 1. The molecule has 0 radical (unpaired) electrons. The number of nitrogens with one attached hydrogen (secondary N) is 1. The van der Waals surface area contributed by atoms with Gasteiger partial charge < -0.3 is 9.88 Å². The van der Waals surface area contributed by atoms with E-state index in [0.29, 0.717) is 17.3 Å². The second kappa shape index (κ2) is 9.58. The first-order valence-electron chi connectivity index (χ1n) is 8.80. The second-order valence-electron chi connectivity index (χ2n) is 5.93. The van der Waals surface area contributed by atoms with Crippen LogP contribution < -0.4 is 5.32 Å². The van der Waals surface area contributed by atoms with E-state index < -0.39 is 0 Å². The smallest absolute Gasteiger partial charge is 0.230 e. The summed E-state index contributed by atoms with van der Waals surface area (Å²) in [5.74, 6) is 1.12. The van der Waals surface area contributed by atoms with Crippen LogP contribution >= 0.6 is 23.4 Å². The Kier molecular flexibility index (Phi) is 6.90. The first-order chi connectivity index (χ1) is 13.2. The molecular formula is C20H21ClN4OS. The van der Waals surface area contributed by atoms with Gasteiger partial charge in [-0.15, -0.1) is 10.2 Å². The van der Waals surface area contributed by atoms with E-state index in [0.717, 1.165) is 35.1 Å². The molecule has 1 heterocycles. The fourth-order valence-corrected chi connectivity index (χ4v) is 3.62. The van der Waals surface area contributed by atoms with Crippen LogP contribution in [0.15, 0.2) is 59.8 Å². The van der Waals surface area contributed by atoms with Crippen LogP contribution in [0.2, 0.25) is 5.02 Å². The minimum absolute atomic E-state index is 0.0131. The van der Waals surface area contributed by atoms with Gasteiger partial charge in [-0.1, -0.05) is 65.8 Å².